The van der Waals surface area contributed by atoms with E-state index in [1.54, 1.807) is 13.0 Å². The summed E-state index contributed by atoms with van der Waals surface area (Å²) in [5.41, 5.74) is 1.24. The maximum atomic E-state index is 12.5. The van der Waals surface area contributed by atoms with E-state index < -0.39 is 6.43 Å². The minimum absolute atomic E-state index is 0.0445. The van der Waals surface area contributed by atoms with Crippen LogP contribution in [0.2, 0.25) is 0 Å². The van der Waals surface area contributed by atoms with Crippen LogP contribution in [0, 0.1) is 10.5 Å². The Morgan fingerprint density at radius 1 is 1.62 bits per heavy atom. The molecule has 0 bridgehead atoms. The van der Waals surface area contributed by atoms with Crippen molar-refractivity contribution in [2.75, 3.05) is 0 Å². The molecule has 0 aromatic carbocycles. The standard InChI is InChI=1S/C8H7BrF2IN/c1-4-2-5(12)7(8(10)11)6(3-9)13-4/h2,8H,3H2,1H3. The van der Waals surface area contributed by atoms with E-state index >= 15 is 0 Å². The molecule has 0 aliphatic heterocycles. The van der Waals surface area contributed by atoms with Crippen LogP contribution in [-0.4, -0.2) is 4.98 Å². The van der Waals surface area contributed by atoms with E-state index in [4.69, 9.17) is 0 Å². The molecule has 0 N–H and O–H groups in total. The minimum atomic E-state index is -2.45. The summed E-state index contributed by atoms with van der Waals surface area (Å²) in [6, 6.07) is 1.66. The van der Waals surface area contributed by atoms with Crippen LogP contribution in [0.25, 0.3) is 0 Å². The van der Waals surface area contributed by atoms with Gasteiger partial charge >= 0.3 is 0 Å². The number of aryl methyl sites for hydroxylation is 1. The maximum absolute atomic E-state index is 12.5. The number of aromatic nitrogens is 1. The van der Waals surface area contributed by atoms with Gasteiger partial charge in [0.15, 0.2) is 0 Å². The zero-order valence-electron chi connectivity index (χ0n) is 6.82. The van der Waals surface area contributed by atoms with Crippen molar-refractivity contribution in [1.82, 2.24) is 4.98 Å². The first kappa shape index (κ1) is 11.3. The molecule has 0 amide bonds. The number of halogens is 4. The second-order valence-electron chi connectivity index (χ2n) is 2.54. The van der Waals surface area contributed by atoms with Gasteiger partial charge in [0, 0.05) is 14.6 Å². The van der Waals surface area contributed by atoms with Crippen molar-refractivity contribution in [1.29, 1.82) is 0 Å². The molecule has 1 nitrogen and oxygen atoms in total. The van der Waals surface area contributed by atoms with Gasteiger partial charge in [-0.2, -0.15) is 0 Å². The smallest absolute Gasteiger partial charge is 0.257 e. The van der Waals surface area contributed by atoms with E-state index in [9.17, 15) is 8.78 Å². The number of nitrogens with zero attached hydrogens (tertiary/aromatic N) is 1. The van der Waals surface area contributed by atoms with Crippen molar-refractivity contribution in [3.05, 3.63) is 26.6 Å². The third kappa shape index (κ3) is 2.59. The van der Waals surface area contributed by atoms with Crippen molar-refractivity contribution in [3.63, 3.8) is 0 Å². The number of hydrogen-bond acceptors (Lipinski definition) is 1. The SMILES string of the molecule is Cc1cc(I)c(C(F)F)c(CBr)n1. The van der Waals surface area contributed by atoms with Crippen LogP contribution in [0.15, 0.2) is 6.07 Å². The molecule has 5 heteroatoms. The predicted molar refractivity (Wildman–Crippen MR) is 59.3 cm³/mol. The van der Waals surface area contributed by atoms with Crippen molar-refractivity contribution >= 4 is 38.5 Å². The van der Waals surface area contributed by atoms with Crippen LogP contribution < -0.4 is 0 Å². The van der Waals surface area contributed by atoms with Crippen LogP contribution in [0.4, 0.5) is 8.78 Å². The Morgan fingerprint density at radius 3 is 2.69 bits per heavy atom. The van der Waals surface area contributed by atoms with Crippen LogP contribution in [0.5, 0.6) is 0 Å². The molecule has 0 unspecified atom stereocenters. The highest BCUT2D eigenvalue weighted by molar-refractivity contribution is 14.1. The average molecular weight is 362 g/mol. The van der Waals surface area contributed by atoms with Crippen LogP contribution >= 0.6 is 38.5 Å². The van der Waals surface area contributed by atoms with Crippen molar-refractivity contribution in [2.45, 2.75) is 18.7 Å². The van der Waals surface area contributed by atoms with E-state index in [1.165, 1.54) is 0 Å². The molecule has 0 spiro atoms. The Hall–Kier alpha value is 0.220. The first-order valence-electron chi connectivity index (χ1n) is 3.56. The number of hydrogen-bond donors (Lipinski definition) is 0. The molecule has 0 aliphatic rings. The Morgan fingerprint density at radius 2 is 2.23 bits per heavy atom. The predicted octanol–water partition coefficient (Wildman–Crippen LogP) is 3.83. The number of alkyl halides is 3. The Balaban J connectivity index is 3.30. The molecular weight excluding hydrogens is 355 g/mol. The minimum Gasteiger partial charge on any atom is -0.257 e. The molecule has 0 atom stereocenters. The van der Waals surface area contributed by atoms with Gasteiger partial charge in [0.05, 0.1) is 11.3 Å². The summed E-state index contributed by atoms with van der Waals surface area (Å²) in [6.45, 7) is 1.80. The lowest BCUT2D eigenvalue weighted by Crippen LogP contribution is -2.01. The van der Waals surface area contributed by atoms with Crippen molar-refractivity contribution in [2.24, 2.45) is 0 Å². The molecule has 1 aromatic heterocycles. The van der Waals surface area contributed by atoms with Gasteiger partial charge in [0.2, 0.25) is 0 Å². The van der Waals surface area contributed by atoms with Gasteiger partial charge in [0.25, 0.3) is 6.43 Å². The molecule has 1 aromatic rings. The zero-order chi connectivity index (χ0) is 10.0. The van der Waals surface area contributed by atoms with Gasteiger partial charge < -0.3 is 0 Å². The first-order chi connectivity index (χ1) is 6.06. The fourth-order valence-electron chi connectivity index (χ4n) is 1.04. The number of rotatable bonds is 2. The Kier molecular flexibility index (Phi) is 4.03. The Labute approximate surface area is 97.2 Å². The lowest BCUT2D eigenvalue weighted by atomic mass is 10.2. The summed E-state index contributed by atoms with van der Waals surface area (Å²) < 4.78 is 25.7. The summed E-state index contributed by atoms with van der Waals surface area (Å²) in [4.78, 5) is 4.04. The molecule has 1 heterocycles. The largest absolute Gasteiger partial charge is 0.266 e. The van der Waals surface area contributed by atoms with E-state index in [0.717, 1.165) is 5.69 Å². The van der Waals surface area contributed by atoms with Crippen LogP contribution in [0.3, 0.4) is 0 Å². The van der Waals surface area contributed by atoms with Crippen LogP contribution in [0.1, 0.15) is 23.4 Å². The third-order valence-corrected chi connectivity index (χ3v) is 2.98. The molecule has 0 saturated heterocycles. The molecule has 0 radical (unpaired) electrons. The molecule has 0 saturated carbocycles. The van der Waals surface area contributed by atoms with Crippen LogP contribution in [-0.2, 0) is 5.33 Å². The van der Waals surface area contributed by atoms with Gasteiger partial charge in [-0.15, -0.1) is 0 Å². The Bertz CT molecular complexity index is 317. The highest BCUT2D eigenvalue weighted by Crippen LogP contribution is 2.28. The van der Waals surface area contributed by atoms with Gasteiger partial charge in [0.1, 0.15) is 0 Å². The molecule has 72 valence electrons. The summed E-state index contributed by atoms with van der Waals surface area (Å²) in [5, 5.41) is 0.365. The summed E-state index contributed by atoms with van der Waals surface area (Å²) in [6.07, 6.45) is -2.45. The third-order valence-electron chi connectivity index (χ3n) is 1.56. The van der Waals surface area contributed by atoms with Crippen molar-refractivity contribution in [3.8, 4) is 0 Å². The molecule has 0 aliphatic carbocycles. The van der Waals surface area contributed by atoms with Gasteiger partial charge in [-0.25, -0.2) is 8.78 Å². The molecule has 1 rings (SSSR count). The van der Waals surface area contributed by atoms with Gasteiger partial charge in [-0.3, -0.25) is 4.98 Å². The summed E-state index contributed by atoms with van der Waals surface area (Å²) >= 11 is 5.06. The molecular formula is C8H7BrF2IN. The van der Waals surface area contributed by atoms with Crippen molar-refractivity contribution < 1.29 is 8.78 Å². The maximum Gasteiger partial charge on any atom is 0.266 e. The van der Waals surface area contributed by atoms with E-state index in [0.29, 0.717) is 14.6 Å². The molecule has 0 fully saturated rings. The lowest BCUT2D eigenvalue weighted by molar-refractivity contribution is 0.149. The second-order valence-corrected chi connectivity index (χ2v) is 4.26. The second kappa shape index (κ2) is 4.63. The van der Waals surface area contributed by atoms with E-state index in [-0.39, 0.29) is 5.56 Å². The average Bonchev–Trinajstić information content (AvgIpc) is 2.01. The topological polar surface area (TPSA) is 12.9 Å². The number of pyridine rings is 1. The normalized spacial score (nSPS) is 10.9. The quantitative estimate of drug-likeness (QED) is 0.576. The zero-order valence-corrected chi connectivity index (χ0v) is 10.6. The van der Waals surface area contributed by atoms with Gasteiger partial charge in [-0.1, -0.05) is 15.9 Å². The first-order valence-corrected chi connectivity index (χ1v) is 5.76. The highest BCUT2D eigenvalue weighted by Gasteiger charge is 2.17. The highest BCUT2D eigenvalue weighted by atomic mass is 127. The molecule has 13 heavy (non-hydrogen) atoms. The van der Waals surface area contributed by atoms with E-state index in [2.05, 4.69) is 20.9 Å². The van der Waals surface area contributed by atoms with Gasteiger partial charge in [-0.05, 0) is 35.6 Å². The fourth-order valence-corrected chi connectivity index (χ4v) is 2.46. The monoisotopic (exact) mass is 361 g/mol. The lowest BCUT2D eigenvalue weighted by Gasteiger charge is -2.08. The fraction of sp³-hybridized carbons (Fsp3) is 0.375. The summed E-state index contributed by atoms with van der Waals surface area (Å²) in [7, 11) is 0. The summed E-state index contributed by atoms with van der Waals surface area (Å²) in [5.74, 6) is 0. The van der Waals surface area contributed by atoms with E-state index in [1.807, 2.05) is 22.6 Å².